The van der Waals surface area contributed by atoms with Gasteiger partial charge in [-0.2, -0.15) is 5.26 Å². The Bertz CT molecular complexity index is 665. The second-order valence-electron chi connectivity index (χ2n) is 3.97. The number of nitriles is 1. The van der Waals surface area contributed by atoms with E-state index < -0.39 is 0 Å². The van der Waals surface area contributed by atoms with Gasteiger partial charge in [0.25, 0.3) is 0 Å². The maximum absolute atomic E-state index is 9.20. The third-order valence-electron chi connectivity index (χ3n) is 2.79. The van der Waals surface area contributed by atoms with Gasteiger partial charge in [0.2, 0.25) is 0 Å². The monoisotopic (exact) mass is 332 g/mol. The summed E-state index contributed by atoms with van der Waals surface area (Å²) in [4.78, 5) is 0. The lowest BCUT2D eigenvalue weighted by Crippen LogP contribution is -1.96. The van der Waals surface area contributed by atoms with Crippen LogP contribution in [-0.4, -0.2) is 14.2 Å². The zero-order valence-corrected chi connectivity index (χ0v) is 12.7. The van der Waals surface area contributed by atoms with Crippen LogP contribution in [0.3, 0.4) is 0 Å². The first-order chi connectivity index (χ1) is 9.69. The van der Waals surface area contributed by atoms with Gasteiger partial charge >= 0.3 is 0 Å². The fourth-order valence-electron chi connectivity index (χ4n) is 1.81. The Morgan fingerprint density at radius 2 is 1.85 bits per heavy atom. The molecular formula is C15H13BrN2O2. The number of hydrogen-bond donors (Lipinski definition) is 1. The van der Waals surface area contributed by atoms with E-state index in [0.717, 1.165) is 15.8 Å². The van der Waals surface area contributed by atoms with Crippen molar-refractivity contribution in [2.75, 3.05) is 19.5 Å². The molecule has 0 amide bonds. The molecule has 5 heteroatoms. The summed E-state index contributed by atoms with van der Waals surface area (Å²) in [6.45, 7) is 0. The highest BCUT2D eigenvalue weighted by Gasteiger charge is 2.08. The second-order valence-corrected chi connectivity index (χ2v) is 4.82. The molecule has 0 fully saturated rings. The van der Waals surface area contributed by atoms with E-state index in [1.54, 1.807) is 14.2 Å². The molecule has 1 N–H and O–H groups in total. The van der Waals surface area contributed by atoms with Crippen LogP contribution in [0.25, 0.3) is 0 Å². The van der Waals surface area contributed by atoms with Crippen LogP contribution in [0.2, 0.25) is 0 Å². The summed E-state index contributed by atoms with van der Waals surface area (Å²) in [6.07, 6.45) is 0. The first kappa shape index (κ1) is 14.2. The Labute approximate surface area is 126 Å². The first-order valence-electron chi connectivity index (χ1n) is 5.87. The lowest BCUT2D eigenvalue weighted by molar-refractivity contribution is 0.355. The Morgan fingerprint density at radius 1 is 1.10 bits per heavy atom. The molecule has 0 radical (unpaired) electrons. The zero-order valence-electron chi connectivity index (χ0n) is 11.1. The number of ether oxygens (including phenoxy) is 2. The molecule has 0 aliphatic rings. The molecule has 0 unspecified atom stereocenters. The summed E-state index contributed by atoms with van der Waals surface area (Å²) in [5.74, 6) is 1.29. The summed E-state index contributed by atoms with van der Waals surface area (Å²) in [7, 11) is 3.18. The Kier molecular flexibility index (Phi) is 4.49. The summed E-state index contributed by atoms with van der Waals surface area (Å²) in [6, 6.07) is 13.2. The number of hydrogen-bond acceptors (Lipinski definition) is 4. The SMILES string of the molecule is COc1ccc(Nc2cccc(Br)c2C#N)cc1OC. The molecular weight excluding hydrogens is 320 g/mol. The van der Waals surface area contributed by atoms with Crippen molar-refractivity contribution in [3.05, 3.63) is 46.4 Å². The molecule has 0 aliphatic carbocycles. The minimum absolute atomic E-state index is 0.558. The van der Waals surface area contributed by atoms with Crippen LogP contribution < -0.4 is 14.8 Å². The highest BCUT2D eigenvalue weighted by Crippen LogP contribution is 2.32. The third kappa shape index (κ3) is 2.86. The maximum Gasteiger partial charge on any atom is 0.162 e. The number of halogens is 1. The first-order valence-corrected chi connectivity index (χ1v) is 6.66. The van der Waals surface area contributed by atoms with Gasteiger partial charge in [-0.3, -0.25) is 0 Å². The molecule has 2 aromatic carbocycles. The average Bonchev–Trinajstić information content (AvgIpc) is 2.47. The van der Waals surface area contributed by atoms with E-state index in [2.05, 4.69) is 27.3 Å². The lowest BCUT2D eigenvalue weighted by Gasteiger charge is -2.12. The lowest BCUT2D eigenvalue weighted by atomic mass is 10.2. The van der Waals surface area contributed by atoms with Crippen LogP contribution >= 0.6 is 15.9 Å². The zero-order chi connectivity index (χ0) is 14.5. The largest absolute Gasteiger partial charge is 0.493 e. The minimum Gasteiger partial charge on any atom is -0.493 e. The van der Waals surface area contributed by atoms with Crippen molar-refractivity contribution in [1.29, 1.82) is 5.26 Å². The van der Waals surface area contributed by atoms with Crippen molar-refractivity contribution in [2.24, 2.45) is 0 Å². The highest BCUT2D eigenvalue weighted by atomic mass is 79.9. The molecule has 2 aromatic rings. The Morgan fingerprint density at radius 3 is 2.50 bits per heavy atom. The molecule has 2 rings (SSSR count). The maximum atomic E-state index is 9.20. The van der Waals surface area contributed by atoms with Crippen molar-refractivity contribution < 1.29 is 9.47 Å². The van der Waals surface area contributed by atoms with Crippen LogP contribution in [0.1, 0.15) is 5.56 Å². The van der Waals surface area contributed by atoms with Gasteiger partial charge in [0.1, 0.15) is 6.07 Å². The molecule has 0 spiro atoms. The fraction of sp³-hybridized carbons (Fsp3) is 0.133. The minimum atomic E-state index is 0.558. The second kappa shape index (κ2) is 6.31. The van der Waals surface area contributed by atoms with Gasteiger partial charge in [-0.15, -0.1) is 0 Å². The Hall–Kier alpha value is -2.19. The van der Waals surface area contributed by atoms with Gasteiger partial charge in [0, 0.05) is 16.2 Å². The van der Waals surface area contributed by atoms with Gasteiger partial charge in [0.15, 0.2) is 11.5 Å². The van der Waals surface area contributed by atoms with Crippen molar-refractivity contribution in [3.8, 4) is 17.6 Å². The van der Waals surface area contributed by atoms with E-state index in [1.807, 2.05) is 36.4 Å². The van der Waals surface area contributed by atoms with Crippen molar-refractivity contribution in [3.63, 3.8) is 0 Å². The summed E-state index contributed by atoms with van der Waals surface area (Å²) >= 11 is 3.36. The molecule has 0 aliphatic heterocycles. The average molecular weight is 333 g/mol. The van der Waals surface area contributed by atoms with Gasteiger partial charge in [-0.1, -0.05) is 6.07 Å². The molecule has 0 saturated heterocycles. The van der Waals surface area contributed by atoms with Crippen LogP contribution in [0, 0.1) is 11.3 Å². The number of nitrogens with one attached hydrogen (secondary N) is 1. The van der Waals surface area contributed by atoms with Crippen molar-refractivity contribution in [1.82, 2.24) is 0 Å². The third-order valence-corrected chi connectivity index (χ3v) is 3.45. The summed E-state index contributed by atoms with van der Waals surface area (Å²) in [5.41, 5.74) is 2.11. The molecule has 0 heterocycles. The summed E-state index contributed by atoms with van der Waals surface area (Å²) < 4.78 is 11.2. The van der Waals surface area contributed by atoms with Gasteiger partial charge < -0.3 is 14.8 Å². The molecule has 0 atom stereocenters. The van der Waals surface area contributed by atoms with E-state index in [1.165, 1.54) is 0 Å². The topological polar surface area (TPSA) is 54.3 Å². The van der Waals surface area contributed by atoms with E-state index in [-0.39, 0.29) is 0 Å². The predicted molar refractivity (Wildman–Crippen MR) is 81.7 cm³/mol. The van der Waals surface area contributed by atoms with E-state index in [9.17, 15) is 5.26 Å². The molecule has 0 saturated carbocycles. The summed E-state index contributed by atoms with van der Waals surface area (Å²) in [5, 5.41) is 12.4. The van der Waals surface area contributed by atoms with E-state index in [0.29, 0.717) is 17.1 Å². The van der Waals surface area contributed by atoms with Crippen LogP contribution in [0.4, 0.5) is 11.4 Å². The Balaban J connectivity index is 2.36. The van der Waals surface area contributed by atoms with Crippen LogP contribution in [-0.2, 0) is 0 Å². The number of rotatable bonds is 4. The van der Waals surface area contributed by atoms with Gasteiger partial charge in [-0.05, 0) is 40.2 Å². The number of benzene rings is 2. The van der Waals surface area contributed by atoms with Crippen molar-refractivity contribution >= 4 is 27.3 Å². The van der Waals surface area contributed by atoms with Crippen LogP contribution in [0.15, 0.2) is 40.9 Å². The molecule has 0 aromatic heterocycles. The van der Waals surface area contributed by atoms with Crippen molar-refractivity contribution in [2.45, 2.75) is 0 Å². The molecule has 102 valence electrons. The fourth-order valence-corrected chi connectivity index (χ4v) is 2.27. The van der Waals surface area contributed by atoms with E-state index >= 15 is 0 Å². The number of nitrogens with zero attached hydrogens (tertiary/aromatic N) is 1. The number of methoxy groups -OCH3 is 2. The van der Waals surface area contributed by atoms with E-state index in [4.69, 9.17) is 9.47 Å². The number of anilines is 2. The highest BCUT2D eigenvalue weighted by molar-refractivity contribution is 9.10. The quantitative estimate of drug-likeness (QED) is 0.916. The van der Waals surface area contributed by atoms with Gasteiger partial charge in [0.05, 0.1) is 25.5 Å². The van der Waals surface area contributed by atoms with Crippen LogP contribution in [0.5, 0.6) is 11.5 Å². The standard InChI is InChI=1S/C15H13BrN2O2/c1-19-14-7-6-10(8-15(14)20-2)18-13-5-3-4-12(16)11(13)9-17/h3-8,18H,1-2H3. The molecule has 0 bridgehead atoms. The van der Waals surface area contributed by atoms with Gasteiger partial charge in [-0.25, -0.2) is 0 Å². The normalized spacial score (nSPS) is 9.70. The predicted octanol–water partition coefficient (Wildman–Crippen LogP) is 4.08. The molecule has 20 heavy (non-hydrogen) atoms. The smallest absolute Gasteiger partial charge is 0.162 e. The molecule has 4 nitrogen and oxygen atoms in total.